The SMILES string of the molecule is CC(=O)CC(N)C(=O)OC(C)(C)C.c1ccc(P(c2ccccc2)c2ccccc2)cc1. The van der Waals surface area contributed by atoms with Gasteiger partial charge < -0.3 is 10.5 Å². The predicted molar refractivity (Wildman–Crippen MR) is 134 cm³/mol. The zero-order valence-corrected chi connectivity index (χ0v) is 20.1. The Hall–Kier alpha value is -2.81. The number of ether oxygens (including phenoxy) is 1. The second-order valence-corrected chi connectivity index (χ2v) is 10.6. The quantitative estimate of drug-likeness (QED) is 0.455. The largest absolute Gasteiger partial charge is 0.459 e. The lowest BCUT2D eigenvalue weighted by atomic mass is 10.1. The molecule has 0 radical (unpaired) electrons. The van der Waals surface area contributed by atoms with E-state index in [9.17, 15) is 9.59 Å². The van der Waals surface area contributed by atoms with Crippen molar-refractivity contribution in [3.05, 3.63) is 91.0 Å². The molecular formula is C27H32NO3P. The molecule has 0 aliphatic rings. The molecule has 0 saturated heterocycles. The van der Waals surface area contributed by atoms with Crippen LogP contribution in [0.2, 0.25) is 0 Å². The number of hydrogen-bond acceptors (Lipinski definition) is 4. The molecule has 0 bridgehead atoms. The maximum Gasteiger partial charge on any atom is 0.323 e. The Balaban J connectivity index is 0.000000247. The molecule has 0 aliphatic carbocycles. The van der Waals surface area contributed by atoms with Crippen LogP contribution in [-0.2, 0) is 14.3 Å². The summed E-state index contributed by atoms with van der Waals surface area (Å²) in [5.41, 5.74) is 4.88. The third-order valence-electron chi connectivity index (χ3n) is 4.26. The van der Waals surface area contributed by atoms with Crippen LogP contribution in [0, 0.1) is 0 Å². The summed E-state index contributed by atoms with van der Waals surface area (Å²) in [6.07, 6.45) is 0.0366. The highest BCUT2D eigenvalue weighted by atomic mass is 31.1. The first kappa shape index (κ1) is 25.5. The first-order valence-electron chi connectivity index (χ1n) is 10.6. The number of carbonyl (C=O) groups is 2. The number of carbonyl (C=O) groups excluding carboxylic acids is 2. The maximum absolute atomic E-state index is 11.2. The molecule has 4 nitrogen and oxygen atoms in total. The minimum Gasteiger partial charge on any atom is -0.459 e. The Morgan fingerprint density at radius 3 is 1.41 bits per heavy atom. The van der Waals surface area contributed by atoms with E-state index in [-0.39, 0.29) is 12.2 Å². The molecule has 0 amide bonds. The molecule has 1 atom stereocenters. The van der Waals surface area contributed by atoms with Crippen LogP contribution in [0.15, 0.2) is 91.0 Å². The van der Waals surface area contributed by atoms with Crippen LogP contribution < -0.4 is 21.6 Å². The fraction of sp³-hybridized carbons (Fsp3) is 0.259. The number of Topliss-reactive ketones (excluding diaryl/α,β-unsaturated/α-hetero) is 1. The standard InChI is InChI=1S/C18H15P.C9H17NO3/c1-4-10-16(11-5-1)19(17-12-6-2-7-13-17)18-14-8-3-9-15-18;1-6(11)5-7(10)8(12)13-9(2,3)4/h1-15H;7H,5,10H2,1-4H3. The summed E-state index contributed by atoms with van der Waals surface area (Å²) < 4.78 is 4.98. The summed E-state index contributed by atoms with van der Waals surface area (Å²) in [7, 11) is -0.446. The van der Waals surface area contributed by atoms with Gasteiger partial charge in [-0.05, 0) is 51.5 Å². The molecule has 3 aromatic rings. The van der Waals surface area contributed by atoms with Crippen molar-refractivity contribution in [3.8, 4) is 0 Å². The lowest BCUT2D eigenvalue weighted by Crippen LogP contribution is -2.38. The maximum atomic E-state index is 11.2. The van der Waals surface area contributed by atoms with Crippen LogP contribution >= 0.6 is 7.92 Å². The summed E-state index contributed by atoms with van der Waals surface area (Å²) in [4.78, 5) is 21.8. The average molecular weight is 450 g/mol. The van der Waals surface area contributed by atoms with Crippen molar-refractivity contribution in [1.82, 2.24) is 0 Å². The van der Waals surface area contributed by atoms with Gasteiger partial charge in [-0.2, -0.15) is 0 Å². The summed E-state index contributed by atoms with van der Waals surface area (Å²) >= 11 is 0. The van der Waals surface area contributed by atoms with Crippen LogP contribution in [0.1, 0.15) is 34.1 Å². The molecule has 0 aliphatic heterocycles. The van der Waals surface area contributed by atoms with Gasteiger partial charge in [0.1, 0.15) is 17.4 Å². The van der Waals surface area contributed by atoms with Crippen molar-refractivity contribution in [2.45, 2.75) is 45.8 Å². The number of rotatable bonds is 6. The van der Waals surface area contributed by atoms with E-state index >= 15 is 0 Å². The normalized spacial score (nSPS) is 11.8. The Labute approximate surface area is 192 Å². The Morgan fingerprint density at radius 1 is 0.781 bits per heavy atom. The molecular weight excluding hydrogens is 417 g/mol. The molecule has 0 spiro atoms. The molecule has 168 valence electrons. The summed E-state index contributed by atoms with van der Waals surface area (Å²) in [6, 6.07) is 31.5. The first-order chi connectivity index (χ1) is 15.2. The van der Waals surface area contributed by atoms with Crippen LogP contribution in [0.3, 0.4) is 0 Å². The van der Waals surface area contributed by atoms with Crippen LogP contribution in [0.4, 0.5) is 0 Å². The first-order valence-corrected chi connectivity index (χ1v) is 11.9. The van der Waals surface area contributed by atoms with Crippen molar-refractivity contribution >= 4 is 35.6 Å². The van der Waals surface area contributed by atoms with Crippen molar-refractivity contribution in [2.24, 2.45) is 5.73 Å². The van der Waals surface area contributed by atoms with E-state index in [1.807, 2.05) is 0 Å². The second-order valence-electron chi connectivity index (χ2n) is 8.39. The van der Waals surface area contributed by atoms with Crippen LogP contribution in [0.5, 0.6) is 0 Å². The zero-order valence-electron chi connectivity index (χ0n) is 19.2. The van der Waals surface area contributed by atoms with Gasteiger partial charge >= 0.3 is 5.97 Å². The molecule has 32 heavy (non-hydrogen) atoms. The van der Waals surface area contributed by atoms with Gasteiger partial charge in [-0.1, -0.05) is 91.0 Å². The number of hydrogen-bond donors (Lipinski definition) is 1. The third-order valence-corrected chi connectivity index (χ3v) is 6.70. The van der Waals surface area contributed by atoms with E-state index in [1.54, 1.807) is 20.8 Å². The van der Waals surface area contributed by atoms with Gasteiger partial charge in [0.25, 0.3) is 0 Å². The lowest BCUT2D eigenvalue weighted by Gasteiger charge is -2.21. The molecule has 3 rings (SSSR count). The minimum absolute atomic E-state index is 0.0366. The molecule has 2 N–H and O–H groups in total. The van der Waals surface area contributed by atoms with E-state index in [2.05, 4.69) is 91.0 Å². The van der Waals surface area contributed by atoms with Crippen molar-refractivity contribution in [3.63, 3.8) is 0 Å². The molecule has 5 heteroatoms. The zero-order chi connectivity index (χ0) is 23.6. The highest BCUT2D eigenvalue weighted by Gasteiger charge is 2.22. The van der Waals surface area contributed by atoms with Gasteiger partial charge in [-0.15, -0.1) is 0 Å². The van der Waals surface area contributed by atoms with E-state index in [0.717, 1.165) is 0 Å². The van der Waals surface area contributed by atoms with E-state index in [1.165, 1.54) is 22.8 Å². The van der Waals surface area contributed by atoms with Crippen molar-refractivity contribution in [1.29, 1.82) is 0 Å². The third kappa shape index (κ3) is 8.74. The molecule has 0 heterocycles. The molecule has 0 fully saturated rings. The topological polar surface area (TPSA) is 69.4 Å². The summed E-state index contributed by atoms with van der Waals surface area (Å²) in [5.74, 6) is -0.638. The van der Waals surface area contributed by atoms with E-state index in [4.69, 9.17) is 10.5 Å². The number of ketones is 1. The Bertz CT molecular complexity index is 876. The number of benzene rings is 3. The molecule has 3 aromatic carbocycles. The monoisotopic (exact) mass is 449 g/mol. The highest BCUT2D eigenvalue weighted by molar-refractivity contribution is 7.79. The van der Waals surface area contributed by atoms with Gasteiger partial charge in [0.15, 0.2) is 0 Å². The van der Waals surface area contributed by atoms with Crippen LogP contribution in [-0.4, -0.2) is 23.4 Å². The van der Waals surface area contributed by atoms with Gasteiger partial charge in [0, 0.05) is 6.42 Å². The van der Waals surface area contributed by atoms with Crippen LogP contribution in [0.25, 0.3) is 0 Å². The average Bonchev–Trinajstić information content (AvgIpc) is 2.75. The minimum atomic E-state index is -0.836. The van der Waals surface area contributed by atoms with E-state index < -0.39 is 25.5 Å². The van der Waals surface area contributed by atoms with E-state index in [0.29, 0.717) is 0 Å². The van der Waals surface area contributed by atoms with Gasteiger partial charge in [0.05, 0.1) is 0 Å². The highest BCUT2D eigenvalue weighted by Crippen LogP contribution is 2.32. The number of nitrogens with two attached hydrogens (primary N) is 1. The Kier molecular flexibility index (Phi) is 9.77. The van der Waals surface area contributed by atoms with Gasteiger partial charge in [-0.3, -0.25) is 9.59 Å². The fourth-order valence-corrected chi connectivity index (χ4v) is 5.25. The molecule has 1 unspecified atom stereocenters. The van der Waals surface area contributed by atoms with Crippen molar-refractivity contribution < 1.29 is 14.3 Å². The summed E-state index contributed by atoms with van der Waals surface area (Å²) in [6.45, 7) is 6.66. The fourth-order valence-electron chi connectivity index (χ4n) is 2.95. The smallest absolute Gasteiger partial charge is 0.323 e. The van der Waals surface area contributed by atoms with Gasteiger partial charge in [0.2, 0.25) is 0 Å². The molecule has 0 aromatic heterocycles. The predicted octanol–water partition coefficient (Wildman–Crippen LogP) is 4.08. The lowest BCUT2D eigenvalue weighted by molar-refractivity contribution is -0.157. The molecule has 0 saturated carbocycles. The second kappa shape index (κ2) is 12.3. The van der Waals surface area contributed by atoms with Gasteiger partial charge in [-0.25, -0.2) is 0 Å². The number of esters is 1. The summed E-state index contributed by atoms with van der Waals surface area (Å²) in [5, 5.41) is 4.19. The van der Waals surface area contributed by atoms with Crippen molar-refractivity contribution in [2.75, 3.05) is 0 Å². The Morgan fingerprint density at radius 2 is 1.12 bits per heavy atom.